The molecule has 0 saturated heterocycles. The van der Waals surface area contributed by atoms with Crippen LogP contribution in [-0.4, -0.2) is 20.7 Å². The molecule has 21 heavy (non-hydrogen) atoms. The molecule has 0 unspecified atom stereocenters. The number of rotatable bonds is 2. The van der Waals surface area contributed by atoms with E-state index in [4.69, 9.17) is 11.6 Å². The van der Waals surface area contributed by atoms with E-state index in [1.807, 2.05) is 24.3 Å². The Balaban J connectivity index is 2.09. The highest BCUT2D eigenvalue weighted by atomic mass is 79.9. The summed E-state index contributed by atoms with van der Waals surface area (Å²) in [6.45, 7) is 0.463. The fourth-order valence-corrected chi connectivity index (χ4v) is 5.49. The summed E-state index contributed by atoms with van der Waals surface area (Å²) < 4.78 is 27.8. The molecule has 7 heteroatoms. The third-order valence-electron chi connectivity index (χ3n) is 3.16. The molecule has 0 aliphatic carbocycles. The molecule has 0 aromatic heterocycles. The van der Waals surface area contributed by atoms with Crippen LogP contribution >= 0.6 is 39.3 Å². The van der Waals surface area contributed by atoms with Gasteiger partial charge in [-0.2, -0.15) is 0 Å². The zero-order chi connectivity index (χ0) is 15.0. The zero-order valence-corrected chi connectivity index (χ0v) is 14.8. The Morgan fingerprint density at radius 3 is 2.71 bits per heavy atom. The number of fused-ring (bicyclic) bond motifs is 1. The van der Waals surface area contributed by atoms with Crippen LogP contribution in [0.3, 0.4) is 0 Å². The summed E-state index contributed by atoms with van der Waals surface area (Å²) >= 11 is 10.9. The van der Waals surface area contributed by atoms with Gasteiger partial charge < -0.3 is 0 Å². The van der Waals surface area contributed by atoms with Gasteiger partial charge in [0.1, 0.15) is 0 Å². The van der Waals surface area contributed by atoms with E-state index in [0.29, 0.717) is 16.0 Å². The SMILES string of the molecule is O=S(=O)(c1ccc(Cl)c(Br)c1)N1CCSc2ccccc21. The minimum absolute atomic E-state index is 0.237. The third-order valence-corrected chi connectivity index (χ3v) is 7.23. The minimum Gasteiger partial charge on any atom is -0.264 e. The molecule has 0 bridgehead atoms. The van der Waals surface area contributed by atoms with E-state index in [1.165, 1.54) is 10.4 Å². The Kier molecular flexibility index (Phi) is 4.23. The lowest BCUT2D eigenvalue weighted by Crippen LogP contribution is -2.35. The maximum atomic E-state index is 12.9. The van der Waals surface area contributed by atoms with Crippen LogP contribution in [0.4, 0.5) is 5.69 Å². The van der Waals surface area contributed by atoms with Crippen molar-refractivity contribution in [2.75, 3.05) is 16.6 Å². The maximum Gasteiger partial charge on any atom is 0.264 e. The van der Waals surface area contributed by atoms with E-state index in [2.05, 4.69) is 15.9 Å². The monoisotopic (exact) mass is 403 g/mol. The van der Waals surface area contributed by atoms with Gasteiger partial charge >= 0.3 is 0 Å². The van der Waals surface area contributed by atoms with Gasteiger partial charge in [-0.05, 0) is 46.3 Å². The van der Waals surface area contributed by atoms with Crippen LogP contribution in [0.15, 0.2) is 56.7 Å². The van der Waals surface area contributed by atoms with Crippen molar-refractivity contribution in [3.63, 3.8) is 0 Å². The van der Waals surface area contributed by atoms with Gasteiger partial charge in [0.25, 0.3) is 10.0 Å². The predicted molar refractivity (Wildman–Crippen MR) is 90.8 cm³/mol. The van der Waals surface area contributed by atoms with E-state index in [-0.39, 0.29) is 4.90 Å². The third kappa shape index (κ3) is 2.82. The molecule has 0 spiro atoms. The first kappa shape index (κ1) is 15.2. The number of nitrogens with zero attached hydrogens (tertiary/aromatic N) is 1. The highest BCUT2D eigenvalue weighted by Gasteiger charge is 2.29. The predicted octanol–water partition coefficient (Wildman–Crippen LogP) is 4.40. The van der Waals surface area contributed by atoms with Crippen LogP contribution in [0.25, 0.3) is 0 Å². The van der Waals surface area contributed by atoms with Crippen molar-refractivity contribution >= 4 is 55.0 Å². The Labute approximate surface area is 141 Å². The summed E-state index contributed by atoms with van der Waals surface area (Å²) in [4.78, 5) is 1.22. The lowest BCUT2D eigenvalue weighted by Gasteiger charge is -2.30. The number of halogens is 2. The van der Waals surface area contributed by atoms with Crippen LogP contribution in [-0.2, 0) is 10.0 Å². The molecule has 0 amide bonds. The number of hydrogen-bond acceptors (Lipinski definition) is 3. The second-order valence-electron chi connectivity index (χ2n) is 4.47. The molecular formula is C14H11BrClNO2S2. The molecule has 0 saturated carbocycles. The van der Waals surface area contributed by atoms with E-state index in [0.717, 1.165) is 16.3 Å². The first-order valence-corrected chi connectivity index (χ1v) is 9.79. The van der Waals surface area contributed by atoms with E-state index in [1.54, 1.807) is 23.9 Å². The maximum absolute atomic E-state index is 12.9. The summed E-state index contributed by atoms with van der Waals surface area (Å²) in [5.74, 6) is 0.741. The standard InChI is InChI=1S/C14H11BrClNO2S2/c15-11-9-10(5-6-12(11)16)21(18,19)17-7-8-20-14-4-2-1-3-13(14)17/h1-6,9H,7-8H2. The van der Waals surface area contributed by atoms with Crippen molar-refractivity contribution in [3.05, 3.63) is 52.0 Å². The topological polar surface area (TPSA) is 37.4 Å². The molecule has 110 valence electrons. The van der Waals surface area contributed by atoms with Crippen LogP contribution in [0.2, 0.25) is 5.02 Å². The highest BCUT2D eigenvalue weighted by Crippen LogP contribution is 2.38. The average molecular weight is 405 g/mol. The number of para-hydroxylation sites is 1. The zero-order valence-electron chi connectivity index (χ0n) is 10.8. The van der Waals surface area contributed by atoms with Crippen molar-refractivity contribution in [2.24, 2.45) is 0 Å². The Bertz CT molecular complexity index is 795. The van der Waals surface area contributed by atoms with Crippen LogP contribution in [0.1, 0.15) is 0 Å². The molecule has 1 aliphatic heterocycles. The van der Waals surface area contributed by atoms with E-state index < -0.39 is 10.0 Å². The van der Waals surface area contributed by atoms with Crippen molar-refractivity contribution in [1.29, 1.82) is 0 Å². The molecule has 0 fully saturated rings. The van der Waals surface area contributed by atoms with Crippen molar-refractivity contribution in [3.8, 4) is 0 Å². The average Bonchev–Trinajstić information content (AvgIpc) is 2.49. The fourth-order valence-electron chi connectivity index (χ4n) is 2.16. The van der Waals surface area contributed by atoms with E-state index in [9.17, 15) is 8.42 Å². The number of sulfonamides is 1. The minimum atomic E-state index is -3.58. The lowest BCUT2D eigenvalue weighted by molar-refractivity contribution is 0.591. The quantitative estimate of drug-likeness (QED) is 0.744. The van der Waals surface area contributed by atoms with Crippen molar-refractivity contribution in [2.45, 2.75) is 9.79 Å². The second-order valence-corrected chi connectivity index (χ2v) is 8.73. The van der Waals surface area contributed by atoms with Gasteiger partial charge in [0.2, 0.25) is 0 Å². The molecule has 2 aromatic rings. The Morgan fingerprint density at radius 2 is 1.95 bits per heavy atom. The summed E-state index contributed by atoms with van der Waals surface area (Å²) in [6, 6.07) is 12.2. The number of hydrogen-bond donors (Lipinski definition) is 0. The summed E-state index contributed by atoms with van der Waals surface area (Å²) in [5.41, 5.74) is 0.736. The molecule has 2 aromatic carbocycles. The normalized spacial score (nSPS) is 14.9. The highest BCUT2D eigenvalue weighted by molar-refractivity contribution is 9.10. The molecule has 0 N–H and O–H groups in total. The fraction of sp³-hybridized carbons (Fsp3) is 0.143. The smallest absolute Gasteiger partial charge is 0.264 e. The molecule has 0 radical (unpaired) electrons. The summed E-state index contributed by atoms with van der Waals surface area (Å²) in [5, 5.41) is 0.489. The number of thioether (sulfide) groups is 1. The van der Waals surface area contributed by atoms with Crippen molar-refractivity contribution in [1.82, 2.24) is 0 Å². The van der Waals surface area contributed by atoms with Gasteiger partial charge in [0, 0.05) is 21.7 Å². The Morgan fingerprint density at radius 1 is 1.19 bits per heavy atom. The first-order chi connectivity index (χ1) is 10.00. The molecule has 3 rings (SSSR count). The lowest BCUT2D eigenvalue weighted by atomic mass is 10.3. The molecule has 3 nitrogen and oxygen atoms in total. The van der Waals surface area contributed by atoms with Gasteiger partial charge in [-0.25, -0.2) is 8.42 Å². The van der Waals surface area contributed by atoms with Crippen molar-refractivity contribution < 1.29 is 8.42 Å². The van der Waals surface area contributed by atoms with Crippen LogP contribution in [0.5, 0.6) is 0 Å². The summed E-state index contributed by atoms with van der Waals surface area (Å²) in [6.07, 6.45) is 0. The Hall–Kier alpha value is -0.690. The first-order valence-electron chi connectivity index (χ1n) is 6.20. The van der Waals surface area contributed by atoms with Gasteiger partial charge in [0.05, 0.1) is 15.6 Å². The van der Waals surface area contributed by atoms with E-state index >= 15 is 0 Å². The number of anilines is 1. The van der Waals surface area contributed by atoms with Crippen LogP contribution < -0.4 is 4.31 Å². The largest absolute Gasteiger partial charge is 0.264 e. The molecular weight excluding hydrogens is 394 g/mol. The number of benzene rings is 2. The molecule has 0 atom stereocenters. The van der Waals surface area contributed by atoms with Gasteiger partial charge in [-0.1, -0.05) is 23.7 Å². The summed E-state index contributed by atoms with van der Waals surface area (Å²) in [7, 11) is -3.58. The second kappa shape index (κ2) is 5.83. The van der Waals surface area contributed by atoms with Gasteiger partial charge in [-0.3, -0.25) is 4.31 Å². The molecule has 1 heterocycles. The van der Waals surface area contributed by atoms with Gasteiger partial charge in [0.15, 0.2) is 0 Å². The molecule has 1 aliphatic rings. The van der Waals surface area contributed by atoms with Gasteiger partial charge in [-0.15, -0.1) is 11.8 Å². The van der Waals surface area contributed by atoms with Crippen LogP contribution in [0, 0.1) is 0 Å².